The fraction of sp³-hybridized carbons (Fsp3) is 0.0526. The van der Waals surface area contributed by atoms with Gasteiger partial charge in [0.25, 0.3) is 5.91 Å². The van der Waals surface area contributed by atoms with Gasteiger partial charge in [-0.05, 0) is 36.4 Å². The number of nitrogens with one attached hydrogen (secondary N) is 2. The van der Waals surface area contributed by atoms with Gasteiger partial charge in [-0.25, -0.2) is 13.6 Å². The first kappa shape index (κ1) is 18.9. The summed E-state index contributed by atoms with van der Waals surface area (Å²) in [5, 5.41) is 12.9. The van der Waals surface area contributed by atoms with Crippen molar-refractivity contribution in [1.29, 1.82) is 0 Å². The SMILES string of the molecule is COC(=O)c1ccccc1NC(=O)c1ccc(Nc2ccc(F)c(F)c2)nn1. The number of nitrogens with zero attached hydrogens (tertiary/aromatic N) is 2. The Balaban J connectivity index is 1.72. The molecule has 1 aromatic heterocycles. The van der Waals surface area contributed by atoms with Crippen LogP contribution in [0.25, 0.3) is 0 Å². The van der Waals surface area contributed by atoms with Crippen LogP contribution in [-0.2, 0) is 4.74 Å². The highest BCUT2D eigenvalue weighted by molar-refractivity contribution is 6.07. The van der Waals surface area contributed by atoms with E-state index in [9.17, 15) is 18.4 Å². The second-order valence-electron chi connectivity index (χ2n) is 5.55. The zero-order valence-corrected chi connectivity index (χ0v) is 14.6. The summed E-state index contributed by atoms with van der Waals surface area (Å²) >= 11 is 0. The van der Waals surface area contributed by atoms with Crippen molar-refractivity contribution in [2.75, 3.05) is 17.7 Å². The number of halogens is 2. The lowest BCUT2D eigenvalue weighted by Gasteiger charge is -2.09. The van der Waals surface area contributed by atoms with Crippen molar-refractivity contribution in [2.24, 2.45) is 0 Å². The van der Waals surface area contributed by atoms with Crippen LogP contribution in [-0.4, -0.2) is 29.2 Å². The molecule has 1 amide bonds. The van der Waals surface area contributed by atoms with E-state index in [1.165, 1.54) is 31.4 Å². The van der Waals surface area contributed by atoms with Crippen LogP contribution in [0.3, 0.4) is 0 Å². The maximum Gasteiger partial charge on any atom is 0.339 e. The van der Waals surface area contributed by atoms with Crippen LogP contribution >= 0.6 is 0 Å². The van der Waals surface area contributed by atoms with Crippen LogP contribution in [0.1, 0.15) is 20.8 Å². The first-order valence-corrected chi connectivity index (χ1v) is 8.02. The van der Waals surface area contributed by atoms with Gasteiger partial charge in [0.05, 0.1) is 18.4 Å². The van der Waals surface area contributed by atoms with E-state index >= 15 is 0 Å². The number of rotatable bonds is 5. The molecule has 3 aromatic rings. The molecule has 0 radical (unpaired) electrons. The lowest BCUT2D eigenvalue weighted by molar-refractivity contribution is 0.0602. The van der Waals surface area contributed by atoms with E-state index in [4.69, 9.17) is 0 Å². The topological polar surface area (TPSA) is 93.2 Å². The molecule has 0 aliphatic carbocycles. The average Bonchev–Trinajstić information content (AvgIpc) is 2.71. The number of anilines is 3. The van der Waals surface area contributed by atoms with Crippen LogP contribution in [0.5, 0.6) is 0 Å². The molecule has 0 atom stereocenters. The summed E-state index contributed by atoms with van der Waals surface area (Å²) in [4.78, 5) is 24.1. The highest BCUT2D eigenvalue weighted by atomic mass is 19.2. The fourth-order valence-electron chi connectivity index (χ4n) is 2.31. The van der Waals surface area contributed by atoms with E-state index < -0.39 is 23.5 Å². The Kier molecular flexibility index (Phi) is 5.54. The normalized spacial score (nSPS) is 10.2. The molecule has 0 unspecified atom stereocenters. The van der Waals surface area contributed by atoms with Gasteiger partial charge >= 0.3 is 5.97 Å². The Morgan fingerprint density at radius 1 is 0.964 bits per heavy atom. The summed E-state index contributed by atoms with van der Waals surface area (Å²) in [6.45, 7) is 0. The molecule has 0 bridgehead atoms. The Morgan fingerprint density at radius 2 is 1.75 bits per heavy atom. The standard InChI is InChI=1S/C19H14F2N4O3/c1-28-19(27)12-4-2-3-5-15(12)23-18(26)16-8-9-17(25-24-16)22-11-6-7-13(20)14(21)10-11/h2-10H,1H3,(H,22,25)(H,23,26). The molecule has 7 nitrogen and oxygen atoms in total. The Bertz CT molecular complexity index is 1030. The number of carbonyl (C=O) groups excluding carboxylic acids is 2. The first-order valence-electron chi connectivity index (χ1n) is 8.02. The van der Waals surface area contributed by atoms with E-state index in [2.05, 4.69) is 25.6 Å². The third-order valence-corrected chi connectivity index (χ3v) is 3.67. The van der Waals surface area contributed by atoms with E-state index in [0.29, 0.717) is 0 Å². The van der Waals surface area contributed by atoms with Gasteiger partial charge in [-0.15, -0.1) is 10.2 Å². The van der Waals surface area contributed by atoms with Gasteiger partial charge in [0.2, 0.25) is 0 Å². The molecule has 0 aliphatic rings. The number of hydrogen-bond acceptors (Lipinski definition) is 6. The van der Waals surface area contributed by atoms with Crippen molar-refractivity contribution >= 4 is 29.1 Å². The largest absolute Gasteiger partial charge is 0.465 e. The molecule has 2 aromatic carbocycles. The van der Waals surface area contributed by atoms with Gasteiger partial charge in [-0.1, -0.05) is 12.1 Å². The molecule has 0 spiro atoms. The summed E-state index contributed by atoms with van der Waals surface area (Å²) < 4.78 is 30.9. The van der Waals surface area contributed by atoms with E-state index in [0.717, 1.165) is 12.1 Å². The van der Waals surface area contributed by atoms with Crippen molar-refractivity contribution < 1.29 is 23.1 Å². The summed E-state index contributed by atoms with van der Waals surface area (Å²) in [5.74, 6) is -2.90. The molecule has 28 heavy (non-hydrogen) atoms. The Labute approximate surface area is 158 Å². The monoisotopic (exact) mass is 384 g/mol. The number of para-hydroxylation sites is 1. The highest BCUT2D eigenvalue weighted by Crippen LogP contribution is 2.19. The van der Waals surface area contributed by atoms with E-state index in [1.54, 1.807) is 18.2 Å². The van der Waals surface area contributed by atoms with Crippen LogP contribution in [0.4, 0.5) is 26.0 Å². The van der Waals surface area contributed by atoms with Gasteiger partial charge in [0.15, 0.2) is 23.1 Å². The van der Waals surface area contributed by atoms with Gasteiger partial charge in [0, 0.05) is 11.8 Å². The minimum absolute atomic E-state index is 0.00416. The van der Waals surface area contributed by atoms with E-state index in [1.807, 2.05) is 0 Å². The number of aromatic nitrogens is 2. The molecule has 9 heteroatoms. The lowest BCUT2D eigenvalue weighted by atomic mass is 10.1. The van der Waals surface area contributed by atoms with Crippen molar-refractivity contribution in [3.63, 3.8) is 0 Å². The number of esters is 1. The molecule has 142 valence electrons. The van der Waals surface area contributed by atoms with Crippen molar-refractivity contribution in [3.8, 4) is 0 Å². The number of amides is 1. The number of ether oxygens (including phenoxy) is 1. The Hall–Kier alpha value is -3.88. The summed E-state index contributed by atoms with van der Waals surface area (Å²) in [6, 6.07) is 12.5. The van der Waals surface area contributed by atoms with Gasteiger partial charge in [-0.2, -0.15) is 0 Å². The van der Waals surface area contributed by atoms with E-state index in [-0.39, 0.29) is 28.5 Å². The fourth-order valence-corrected chi connectivity index (χ4v) is 2.31. The van der Waals surface area contributed by atoms with Crippen molar-refractivity contribution in [3.05, 3.63) is 77.5 Å². The van der Waals surface area contributed by atoms with Crippen LogP contribution in [0.15, 0.2) is 54.6 Å². The smallest absolute Gasteiger partial charge is 0.339 e. The van der Waals surface area contributed by atoms with Gasteiger partial charge in [0.1, 0.15) is 0 Å². The summed E-state index contributed by atoms with van der Waals surface area (Å²) in [6.07, 6.45) is 0. The second kappa shape index (κ2) is 8.21. The number of methoxy groups -OCH3 is 1. The maximum atomic E-state index is 13.2. The van der Waals surface area contributed by atoms with Gasteiger partial charge in [-0.3, -0.25) is 4.79 Å². The third-order valence-electron chi connectivity index (χ3n) is 3.67. The van der Waals surface area contributed by atoms with Gasteiger partial charge < -0.3 is 15.4 Å². The zero-order valence-electron chi connectivity index (χ0n) is 14.6. The average molecular weight is 384 g/mol. The molecule has 2 N–H and O–H groups in total. The molecule has 0 aliphatic heterocycles. The highest BCUT2D eigenvalue weighted by Gasteiger charge is 2.15. The molecular formula is C19H14F2N4O3. The second-order valence-corrected chi connectivity index (χ2v) is 5.55. The number of benzene rings is 2. The lowest BCUT2D eigenvalue weighted by Crippen LogP contribution is -2.17. The van der Waals surface area contributed by atoms with Crippen LogP contribution < -0.4 is 10.6 Å². The maximum absolute atomic E-state index is 13.2. The predicted octanol–water partition coefficient (Wildman–Crippen LogP) is 3.54. The summed E-state index contributed by atoms with van der Waals surface area (Å²) in [5.41, 5.74) is 0.737. The zero-order chi connectivity index (χ0) is 20.1. The molecule has 0 saturated heterocycles. The van der Waals surface area contributed by atoms with Crippen LogP contribution in [0.2, 0.25) is 0 Å². The minimum Gasteiger partial charge on any atom is -0.465 e. The van der Waals surface area contributed by atoms with Crippen LogP contribution in [0, 0.1) is 11.6 Å². The molecule has 3 rings (SSSR count). The van der Waals surface area contributed by atoms with Crippen molar-refractivity contribution in [2.45, 2.75) is 0 Å². The Morgan fingerprint density at radius 3 is 2.43 bits per heavy atom. The molecule has 1 heterocycles. The first-order chi connectivity index (χ1) is 13.5. The molecular weight excluding hydrogens is 370 g/mol. The number of carbonyl (C=O) groups is 2. The quantitative estimate of drug-likeness (QED) is 0.654. The predicted molar refractivity (Wildman–Crippen MR) is 97.4 cm³/mol. The third kappa shape index (κ3) is 4.26. The number of hydrogen-bond donors (Lipinski definition) is 2. The summed E-state index contributed by atoms with van der Waals surface area (Å²) in [7, 11) is 1.24. The molecule has 0 fully saturated rings. The molecule has 0 saturated carbocycles. The van der Waals surface area contributed by atoms with Crippen molar-refractivity contribution in [1.82, 2.24) is 10.2 Å². The minimum atomic E-state index is -1.00.